The van der Waals surface area contributed by atoms with Crippen molar-refractivity contribution in [2.45, 2.75) is 19.4 Å². The minimum atomic E-state index is 0.233. The van der Waals surface area contributed by atoms with Crippen LogP contribution in [0.5, 0.6) is 0 Å². The monoisotopic (exact) mass is 492 g/mol. The van der Waals surface area contributed by atoms with Crippen LogP contribution in [-0.4, -0.2) is 76.5 Å². The Kier molecular flexibility index (Phi) is 6.55. The zero-order valence-electron chi connectivity index (χ0n) is 19.3. The van der Waals surface area contributed by atoms with Gasteiger partial charge in [0.1, 0.15) is 6.07 Å². The lowest BCUT2D eigenvalue weighted by atomic mass is 10.1. The second-order valence-corrected chi connectivity index (χ2v) is 8.82. The molecule has 2 fully saturated rings. The van der Waals surface area contributed by atoms with Crippen LogP contribution in [0, 0.1) is 22.7 Å². The number of nitrogens with zero attached hydrogens (tertiary/aromatic N) is 8. The summed E-state index contributed by atoms with van der Waals surface area (Å²) < 4.78 is 6.98. The molecule has 2 aliphatic heterocycles. The summed E-state index contributed by atoms with van der Waals surface area (Å²) in [6, 6.07) is 8.29. The summed E-state index contributed by atoms with van der Waals surface area (Å²) in [5.41, 5.74) is 2.54. The van der Waals surface area contributed by atoms with Crippen LogP contribution in [0.1, 0.15) is 24.6 Å². The Balaban J connectivity index is 1.44. The fourth-order valence-electron chi connectivity index (χ4n) is 4.55. The van der Waals surface area contributed by atoms with Gasteiger partial charge >= 0.3 is 0 Å². The number of rotatable bonds is 6. The SMILES string of the molecule is CCNc1nc(Nc2cc(C#N)cc(N3CCN(C4CCOC4)CC3)c2Cl)nn2c(C#N)cnc12. The lowest BCUT2D eigenvalue weighted by Gasteiger charge is -2.39. The average Bonchev–Trinajstić information content (AvgIpc) is 3.56. The first-order valence-corrected chi connectivity index (χ1v) is 12.0. The van der Waals surface area contributed by atoms with Gasteiger partial charge in [-0.05, 0) is 25.5 Å². The van der Waals surface area contributed by atoms with Crippen molar-refractivity contribution in [3.8, 4) is 12.1 Å². The number of imidazole rings is 1. The summed E-state index contributed by atoms with van der Waals surface area (Å²) in [4.78, 5) is 13.4. The molecule has 35 heavy (non-hydrogen) atoms. The summed E-state index contributed by atoms with van der Waals surface area (Å²) in [6.07, 6.45) is 2.52. The van der Waals surface area contributed by atoms with Gasteiger partial charge in [-0.1, -0.05) is 11.6 Å². The fourth-order valence-corrected chi connectivity index (χ4v) is 4.83. The van der Waals surface area contributed by atoms with E-state index in [0.29, 0.717) is 40.3 Å². The lowest BCUT2D eigenvalue weighted by Crippen LogP contribution is -2.50. The molecule has 3 aromatic rings. The summed E-state index contributed by atoms with van der Waals surface area (Å²) in [7, 11) is 0. The van der Waals surface area contributed by atoms with Gasteiger partial charge < -0.3 is 20.3 Å². The van der Waals surface area contributed by atoms with Gasteiger partial charge in [-0.2, -0.15) is 20.0 Å². The highest BCUT2D eigenvalue weighted by molar-refractivity contribution is 6.36. The first kappa shape index (κ1) is 23.1. The molecule has 1 atom stereocenters. The van der Waals surface area contributed by atoms with Crippen LogP contribution >= 0.6 is 11.6 Å². The largest absolute Gasteiger partial charge is 0.380 e. The number of nitrogens with one attached hydrogen (secondary N) is 2. The maximum Gasteiger partial charge on any atom is 0.247 e. The number of anilines is 4. The molecule has 2 saturated heterocycles. The van der Waals surface area contributed by atoms with Crippen LogP contribution in [0.15, 0.2) is 18.3 Å². The van der Waals surface area contributed by atoms with Gasteiger partial charge in [0.05, 0.1) is 40.8 Å². The minimum absolute atomic E-state index is 0.233. The standard InChI is InChI=1S/C23H25ClN10O/c1-2-27-21-22-28-13-17(12-26)34(22)31-23(30-21)29-18-9-15(11-25)10-19(20(18)24)33-6-4-32(5-7-33)16-3-8-35-14-16/h9-10,13,16H,2-8,14H2,1H3,(H2,27,29,30,31). The molecular weight excluding hydrogens is 468 g/mol. The Labute approximate surface area is 207 Å². The second-order valence-electron chi connectivity index (χ2n) is 8.44. The molecule has 0 aliphatic carbocycles. The number of hydrogen-bond donors (Lipinski definition) is 2. The topological polar surface area (TPSA) is 130 Å². The van der Waals surface area contributed by atoms with E-state index in [2.05, 4.69) is 47.6 Å². The van der Waals surface area contributed by atoms with Crippen molar-refractivity contribution in [3.63, 3.8) is 0 Å². The Morgan fingerprint density at radius 2 is 2.03 bits per heavy atom. The first-order valence-electron chi connectivity index (χ1n) is 11.6. The van der Waals surface area contributed by atoms with E-state index in [1.165, 1.54) is 10.7 Å². The second kappa shape index (κ2) is 9.92. The van der Waals surface area contributed by atoms with Crippen molar-refractivity contribution in [2.75, 3.05) is 61.5 Å². The Morgan fingerprint density at radius 3 is 2.71 bits per heavy atom. The van der Waals surface area contributed by atoms with E-state index in [-0.39, 0.29) is 11.6 Å². The van der Waals surface area contributed by atoms with Gasteiger partial charge in [0, 0.05) is 45.4 Å². The Bertz CT molecular complexity index is 1310. The minimum Gasteiger partial charge on any atom is -0.380 e. The van der Waals surface area contributed by atoms with E-state index in [0.717, 1.165) is 51.5 Å². The Hall–Kier alpha value is -3.64. The molecule has 0 radical (unpaired) electrons. The number of halogens is 1. The molecule has 2 N–H and O–H groups in total. The van der Waals surface area contributed by atoms with Gasteiger partial charge in [-0.3, -0.25) is 4.90 Å². The molecule has 2 aromatic heterocycles. The molecule has 2 aliphatic rings. The average molecular weight is 493 g/mol. The highest BCUT2D eigenvalue weighted by Crippen LogP contribution is 2.36. The highest BCUT2D eigenvalue weighted by atomic mass is 35.5. The van der Waals surface area contributed by atoms with Gasteiger partial charge in [0.15, 0.2) is 17.2 Å². The quantitative estimate of drug-likeness (QED) is 0.529. The van der Waals surface area contributed by atoms with Crippen LogP contribution in [-0.2, 0) is 4.74 Å². The predicted molar refractivity (Wildman–Crippen MR) is 132 cm³/mol. The third-order valence-electron chi connectivity index (χ3n) is 6.33. The van der Waals surface area contributed by atoms with E-state index in [1.807, 2.05) is 13.0 Å². The molecule has 12 heteroatoms. The van der Waals surface area contributed by atoms with Crippen LogP contribution < -0.4 is 15.5 Å². The maximum absolute atomic E-state index is 9.67. The van der Waals surface area contributed by atoms with Gasteiger partial charge in [-0.25, -0.2) is 4.98 Å². The van der Waals surface area contributed by atoms with Crippen molar-refractivity contribution in [1.29, 1.82) is 10.5 Å². The van der Waals surface area contributed by atoms with Gasteiger partial charge in [0.2, 0.25) is 5.95 Å². The molecule has 0 saturated carbocycles. The van der Waals surface area contributed by atoms with Crippen molar-refractivity contribution < 1.29 is 4.74 Å². The third-order valence-corrected chi connectivity index (χ3v) is 6.72. The fraction of sp³-hybridized carbons (Fsp3) is 0.435. The van der Waals surface area contributed by atoms with Crippen LogP contribution in [0.25, 0.3) is 5.65 Å². The number of piperazine rings is 1. The van der Waals surface area contributed by atoms with E-state index in [9.17, 15) is 10.5 Å². The molecule has 1 unspecified atom stereocenters. The maximum atomic E-state index is 9.67. The van der Waals surface area contributed by atoms with Crippen LogP contribution in [0.2, 0.25) is 5.02 Å². The summed E-state index contributed by atoms with van der Waals surface area (Å²) in [5, 5.41) is 30.3. The molecule has 4 heterocycles. The van der Waals surface area contributed by atoms with Gasteiger partial charge in [-0.15, -0.1) is 5.10 Å². The normalized spacial score (nSPS) is 18.4. The van der Waals surface area contributed by atoms with Crippen molar-refractivity contribution in [3.05, 3.63) is 34.6 Å². The van der Waals surface area contributed by atoms with E-state index in [4.69, 9.17) is 16.3 Å². The van der Waals surface area contributed by atoms with E-state index in [1.54, 1.807) is 6.07 Å². The molecule has 1 aromatic carbocycles. The zero-order chi connectivity index (χ0) is 24.4. The molecular formula is C23H25ClN10O. The zero-order valence-corrected chi connectivity index (χ0v) is 20.1. The molecule has 0 bridgehead atoms. The van der Waals surface area contributed by atoms with Crippen molar-refractivity contribution >= 4 is 40.4 Å². The van der Waals surface area contributed by atoms with E-state index < -0.39 is 0 Å². The lowest BCUT2D eigenvalue weighted by molar-refractivity contribution is 0.139. The smallest absolute Gasteiger partial charge is 0.247 e. The highest BCUT2D eigenvalue weighted by Gasteiger charge is 2.28. The van der Waals surface area contributed by atoms with E-state index >= 15 is 0 Å². The van der Waals surface area contributed by atoms with Crippen LogP contribution in [0.3, 0.4) is 0 Å². The number of hydrogen-bond acceptors (Lipinski definition) is 10. The number of fused-ring (bicyclic) bond motifs is 1. The van der Waals surface area contributed by atoms with Crippen molar-refractivity contribution in [1.82, 2.24) is 24.5 Å². The number of benzene rings is 1. The Morgan fingerprint density at radius 1 is 1.20 bits per heavy atom. The number of aromatic nitrogens is 4. The summed E-state index contributed by atoms with van der Waals surface area (Å²) in [5.74, 6) is 0.725. The first-order chi connectivity index (χ1) is 17.1. The van der Waals surface area contributed by atoms with Crippen molar-refractivity contribution in [2.24, 2.45) is 0 Å². The predicted octanol–water partition coefficient (Wildman–Crippen LogP) is 2.61. The number of ether oxygens (including phenoxy) is 1. The van der Waals surface area contributed by atoms with Gasteiger partial charge in [0.25, 0.3) is 0 Å². The molecule has 0 spiro atoms. The molecule has 0 amide bonds. The molecule has 11 nitrogen and oxygen atoms in total. The molecule has 180 valence electrons. The third kappa shape index (κ3) is 4.54. The molecule has 5 rings (SSSR count). The summed E-state index contributed by atoms with van der Waals surface area (Å²) in [6.45, 7) is 7.61. The summed E-state index contributed by atoms with van der Waals surface area (Å²) >= 11 is 6.85. The van der Waals surface area contributed by atoms with Crippen LogP contribution in [0.4, 0.5) is 23.1 Å². The number of nitriles is 2.